The Bertz CT molecular complexity index is 934. The highest BCUT2D eigenvalue weighted by Gasteiger charge is 2.20. The van der Waals surface area contributed by atoms with Gasteiger partial charge in [0, 0.05) is 17.8 Å². The van der Waals surface area contributed by atoms with Crippen LogP contribution < -0.4 is 5.32 Å². The molecule has 3 rings (SSSR count). The number of thioether (sulfide) groups is 1. The number of aryl methyl sites for hydroxylation is 2. The summed E-state index contributed by atoms with van der Waals surface area (Å²) in [5, 5.41) is 12.1. The van der Waals surface area contributed by atoms with Gasteiger partial charge in [-0.3, -0.25) is 4.79 Å². The van der Waals surface area contributed by atoms with E-state index in [1.807, 2.05) is 50.2 Å². The molecule has 0 saturated carbocycles. The Labute approximate surface area is 164 Å². The van der Waals surface area contributed by atoms with Gasteiger partial charge >= 0.3 is 0 Å². The standard InChI is InChI=1S/C21H24N4OS/c1-5-25-19(17-8-6-7-15(3)13-17)23-24-21(25)27-16(4)20(26)22-18-11-9-14(2)10-12-18/h6-13,16H,5H2,1-4H3,(H,22,26). The maximum Gasteiger partial charge on any atom is 0.237 e. The van der Waals surface area contributed by atoms with Crippen LogP contribution in [0.2, 0.25) is 0 Å². The number of nitrogens with one attached hydrogen (secondary N) is 1. The van der Waals surface area contributed by atoms with Gasteiger partial charge in [-0.05, 0) is 45.9 Å². The highest BCUT2D eigenvalue weighted by atomic mass is 32.2. The third-order valence-corrected chi connectivity index (χ3v) is 5.36. The van der Waals surface area contributed by atoms with Gasteiger partial charge in [0.2, 0.25) is 5.91 Å². The van der Waals surface area contributed by atoms with Crippen molar-refractivity contribution < 1.29 is 4.79 Å². The average molecular weight is 381 g/mol. The predicted molar refractivity (Wildman–Crippen MR) is 111 cm³/mol. The fraction of sp³-hybridized carbons (Fsp3) is 0.286. The number of rotatable bonds is 6. The van der Waals surface area contributed by atoms with Crippen LogP contribution in [0.5, 0.6) is 0 Å². The molecular weight excluding hydrogens is 356 g/mol. The lowest BCUT2D eigenvalue weighted by molar-refractivity contribution is -0.115. The van der Waals surface area contributed by atoms with E-state index in [1.165, 1.54) is 17.3 Å². The van der Waals surface area contributed by atoms with Crippen molar-refractivity contribution in [3.8, 4) is 11.4 Å². The molecule has 0 spiro atoms. The molecule has 0 radical (unpaired) electrons. The van der Waals surface area contributed by atoms with E-state index in [9.17, 15) is 4.79 Å². The number of amides is 1. The summed E-state index contributed by atoms with van der Waals surface area (Å²) in [6, 6.07) is 16.0. The smallest absolute Gasteiger partial charge is 0.237 e. The summed E-state index contributed by atoms with van der Waals surface area (Å²) in [5.74, 6) is 0.779. The summed E-state index contributed by atoms with van der Waals surface area (Å²) in [5.41, 5.74) is 4.18. The number of aromatic nitrogens is 3. The molecule has 5 nitrogen and oxygen atoms in total. The molecule has 140 valence electrons. The maximum absolute atomic E-state index is 12.5. The molecule has 27 heavy (non-hydrogen) atoms. The molecule has 0 saturated heterocycles. The second-order valence-corrected chi connectivity index (χ2v) is 7.84. The topological polar surface area (TPSA) is 59.8 Å². The van der Waals surface area contributed by atoms with Crippen LogP contribution in [0.15, 0.2) is 53.7 Å². The van der Waals surface area contributed by atoms with Crippen LogP contribution in [0.1, 0.15) is 25.0 Å². The van der Waals surface area contributed by atoms with E-state index in [0.29, 0.717) is 0 Å². The van der Waals surface area contributed by atoms with Gasteiger partial charge in [-0.1, -0.05) is 53.2 Å². The monoisotopic (exact) mass is 380 g/mol. The van der Waals surface area contributed by atoms with E-state index in [1.54, 1.807) is 0 Å². The average Bonchev–Trinajstić information content (AvgIpc) is 3.06. The molecule has 0 aliphatic heterocycles. The summed E-state index contributed by atoms with van der Waals surface area (Å²) in [6.45, 7) is 8.76. The molecule has 1 aromatic heterocycles. The molecule has 1 heterocycles. The van der Waals surface area contributed by atoms with Crippen LogP contribution in [0.3, 0.4) is 0 Å². The van der Waals surface area contributed by atoms with Gasteiger partial charge in [0.15, 0.2) is 11.0 Å². The van der Waals surface area contributed by atoms with E-state index in [-0.39, 0.29) is 11.2 Å². The summed E-state index contributed by atoms with van der Waals surface area (Å²) >= 11 is 1.42. The van der Waals surface area contributed by atoms with Crippen molar-refractivity contribution in [3.05, 3.63) is 59.7 Å². The van der Waals surface area contributed by atoms with Crippen molar-refractivity contribution in [2.45, 2.75) is 44.6 Å². The minimum atomic E-state index is -0.286. The fourth-order valence-electron chi connectivity index (χ4n) is 2.75. The molecule has 0 aliphatic rings. The van der Waals surface area contributed by atoms with E-state index in [0.717, 1.165) is 34.3 Å². The highest BCUT2D eigenvalue weighted by molar-refractivity contribution is 8.00. The molecule has 1 amide bonds. The number of hydrogen-bond donors (Lipinski definition) is 1. The molecule has 3 aromatic rings. The first-order valence-corrected chi connectivity index (χ1v) is 9.90. The van der Waals surface area contributed by atoms with Gasteiger partial charge in [0.1, 0.15) is 0 Å². The second kappa shape index (κ2) is 8.39. The van der Waals surface area contributed by atoms with Crippen molar-refractivity contribution in [2.75, 3.05) is 5.32 Å². The molecule has 2 aromatic carbocycles. The van der Waals surface area contributed by atoms with Gasteiger partial charge in [-0.15, -0.1) is 10.2 Å². The number of benzene rings is 2. The van der Waals surface area contributed by atoms with Crippen molar-refractivity contribution in [1.29, 1.82) is 0 Å². The van der Waals surface area contributed by atoms with E-state index in [2.05, 4.69) is 46.1 Å². The minimum Gasteiger partial charge on any atom is -0.325 e. The number of carbonyl (C=O) groups excluding carboxylic acids is 1. The zero-order valence-corrected chi connectivity index (χ0v) is 16.9. The Morgan fingerprint density at radius 1 is 1.11 bits per heavy atom. The van der Waals surface area contributed by atoms with Gasteiger partial charge in [-0.25, -0.2) is 0 Å². The quantitative estimate of drug-likeness (QED) is 0.630. The Morgan fingerprint density at radius 3 is 2.52 bits per heavy atom. The van der Waals surface area contributed by atoms with Crippen molar-refractivity contribution >= 4 is 23.4 Å². The number of carbonyl (C=O) groups is 1. The summed E-state index contributed by atoms with van der Waals surface area (Å²) in [4.78, 5) is 12.5. The van der Waals surface area contributed by atoms with Gasteiger partial charge in [0.25, 0.3) is 0 Å². The molecule has 6 heteroatoms. The highest BCUT2D eigenvalue weighted by Crippen LogP contribution is 2.27. The molecule has 0 bridgehead atoms. The van der Waals surface area contributed by atoms with Crippen LogP contribution in [-0.4, -0.2) is 25.9 Å². The molecule has 1 atom stereocenters. The normalized spacial score (nSPS) is 12.0. The van der Waals surface area contributed by atoms with Crippen molar-refractivity contribution in [3.63, 3.8) is 0 Å². The Morgan fingerprint density at radius 2 is 1.85 bits per heavy atom. The number of nitrogens with zero attached hydrogens (tertiary/aromatic N) is 3. The second-order valence-electron chi connectivity index (χ2n) is 6.54. The Balaban J connectivity index is 1.75. The largest absolute Gasteiger partial charge is 0.325 e. The van der Waals surface area contributed by atoms with E-state index in [4.69, 9.17) is 0 Å². The maximum atomic E-state index is 12.5. The summed E-state index contributed by atoms with van der Waals surface area (Å²) in [7, 11) is 0. The lowest BCUT2D eigenvalue weighted by Crippen LogP contribution is -2.22. The minimum absolute atomic E-state index is 0.0494. The summed E-state index contributed by atoms with van der Waals surface area (Å²) < 4.78 is 2.05. The molecule has 0 aliphatic carbocycles. The third-order valence-electron chi connectivity index (χ3n) is 4.28. The fourth-order valence-corrected chi connectivity index (χ4v) is 3.66. The number of anilines is 1. The van der Waals surface area contributed by atoms with Gasteiger partial charge < -0.3 is 9.88 Å². The Kier molecular flexibility index (Phi) is 5.96. The van der Waals surface area contributed by atoms with E-state index >= 15 is 0 Å². The lowest BCUT2D eigenvalue weighted by atomic mass is 10.1. The first-order chi connectivity index (χ1) is 13.0. The van der Waals surface area contributed by atoms with E-state index < -0.39 is 0 Å². The van der Waals surface area contributed by atoms with Crippen LogP contribution >= 0.6 is 11.8 Å². The van der Waals surface area contributed by atoms with Crippen LogP contribution in [-0.2, 0) is 11.3 Å². The molecule has 1 N–H and O–H groups in total. The van der Waals surface area contributed by atoms with Gasteiger partial charge in [0.05, 0.1) is 5.25 Å². The predicted octanol–water partition coefficient (Wildman–Crippen LogP) is 4.70. The first kappa shape index (κ1) is 19.2. The van der Waals surface area contributed by atoms with Crippen LogP contribution in [0.4, 0.5) is 5.69 Å². The zero-order valence-electron chi connectivity index (χ0n) is 16.1. The van der Waals surface area contributed by atoms with Crippen molar-refractivity contribution in [1.82, 2.24) is 14.8 Å². The number of hydrogen-bond acceptors (Lipinski definition) is 4. The van der Waals surface area contributed by atoms with Gasteiger partial charge in [-0.2, -0.15) is 0 Å². The lowest BCUT2D eigenvalue weighted by Gasteiger charge is -2.13. The molecular formula is C21H24N4OS. The third kappa shape index (κ3) is 4.57. The first-order valence-electron chi connectivity index (χ1n) is 9.02. The van der Waals surface area contributed by atoms with Crippen molar-refractivity contribution in [2.24, 2.45) is 0 Å². The SMILES string of the molecule is CCn1c(SC(C)C(=O)Nc2ccc(C)cc2)nnc1-c1cccc(C)c1. The van der Waals surface area contributed by atoms with Crippen LogP contribution in [0.25, 0.3) is 11.4 Å². The Hall–Kier alpha value is -2.60. The zero-order chi connectivity index (χ0) is 19.4. The molecule has 1 unspecified atom stereocenters. The molecule has 0 fully saturated rings. The summed E-state index contributed by atoms with van der Waals surface area (Å²) in [6.07, 6.45) is 0. The van der Waals surface area contributed by atoms with Crippen LogP contribution in [0, 0.1) is 13.8 Å².